The topological polar surface area (TPSA) is 49.8 Å². The van der Waals surface area contributed by atoms with E-state index in [0.29, 0.717) is 26.1 Å². The van der Waals surface area contributed by atoms with E-state index in [1.165, 1.54) is 12.1 Å². The van der Waals surface area contributed by atoms with Gasteiger partial charge in [0.25, 0.3) is 5.91 Å². The third-order valence-corrected chi connectivity index (χ3v) is 5.53. The van der Waals surface area contributed by atoms with Gasteiger partial charge in [-0.25, -0.2) is 0 Å². The Bertz CT molecular complexity index is 660. The molecule has 1 amide bonds. The van der Waals surface area contributed by atoms with E-state index < -0.39 is 22.9 Å². The van der Waals surface area contributed by atoms with Gasteiger partial charge in [-0.15, -0.1) is 0 Å². The van der Waals surface area contributed by atoms with Crippen LogP contribution in [-0.2, 0) is 21.3 Å². The Kier molecular flexibility index (Phi) is 5.05. The Balaban J connectivity index is 1.70. The molecule has 2 aliphatic rings. The number of likely N-dealkylation sites (tertiary alicyclic amines) is 1. The van der Waals surface area contributed by atoms with Gasteiger partial charge >= 0.3 is 6.18 Å². The molecule has 0 bridgehead atoms. The zero-order valence-corrected chi connectivity index (χ0v) is 14.8. The van der Waals surface area contributed by atoms with E-state index in [4.69, 9.17) is 4.74 Å². The molecule has 2 heterocycles. The third-order valence-electron chi connectivity index (χ3n) is 5.53. The number of rotatable bonds is 2. The smallest absolute Gasteiger partial charge is 0.385 e. The first-order chi connectivity index (χ1) is 12.1. The van der Waals surface area contributed by atoms with Gasteiger partial charge in [-0.3, -0.25) is 4.79 Å². The monoisotopic (exact) mass is 371 g/mol. The lowest BCUT2D eigenvalue weighted by atomic mass is 9.83. The lowest BCUT2D eigenvalue weighted by molar-refractivity contribution is -0.165. The Hall–Kier alpha value is -1.60. The van der Waals surface area contributed by atoms with Crippen LogP contribution in [0.15, 0.2) is 24.3 Å². The molecule has 4 nitrogen and oxygen atoms in total. The molecule has 0 aromatic heterocycles. The minimum atomic E-state index is -4.45. The number of alkyl halides is 3. The molecule has 144 valence electrons. The molecule has 0 spiro atoms. The van der Waals surface area contributed by atoms with Crippen molar-refractivity contribution in [2.45, 2.75) is 56.4 Å². The van der Waals surface area contributed by atoms with E-state index in [1.54, 1.807) is 11.8 Å². The van der Waals surface area contributed by atoms with Gasteiger partial charge in [0.05, 0.1) is 11.2 Å². The van der Waals surface area contributed by atoms with Crippen molar-refractivity contribution >= 4 is 5.91 Å². The van der Waals surface area contributed by atoms with E-state index in [2.05, 4.69) is 0 Å². The molecule has 1 unspecified atom stereocenters. The number of aliphatic hydroxyl groups is 1. The second-order valence-electron chi connectivity index (χ2n) is 7.44. The first-order valence-electron chi connectivity index (χ1n) is 8.98. The van der Waals surface area contributed by atoms with Gasteiger partial charge in [-0.1, -0.05) is 12.1 Å². The summed E-state index contributed by atoms with van der Waals surface area (Å²) < 4.78 is 44.5. The average molecular weight is 371 g/mol. The SMILES string of the molecule is CC1(C(=O)N2CCC(O)(c3cccc(C(F)(F)F)c3)CC2)CCCCO1. The quantitative estimate of drug-likeness (QED) is 0.866. The molecule has 2 fully saturated rings. The van der Waals surface area contributed by atoms with Crippen LogP contribution in [0, 0.1) is 0 Å². The van der Waals surface area contributed by atoms with E-state index in [0.717, 1.165) is 25.0 Å². The summed E-state index contributed by atoms with van der Waals surface area (Å²) in [6.07, 6.45) is -1.50. The summed E-state index contributed by atoms with van der Waals surface area (Å²) in [5, 5.41) is 10.9. The first-order valence-corrected chi connectivity index (χ1v) is 8.98. The molecular formula is C19H24F3NO3. The number of piperidine rings is 1. The van der Waals surface area contributed by atoms with Crippen molar-refractivity contribution in [2.24, 2.45) is 0 Å². The van der Waals surface area contributed by atoms with Gasteiger partial charge in [0.15, 0.2) is 0 Å². The van der Waals surface area contributed by atoms with Crippen molar-refractivity contribution in [3.8, 4) is 0 Å². The second kappa shape index (κ2) is 6.85. The molecule has 3 rings (SSSR count). The molecule has 1 aromatic rings. The predicted molar refractivity (Wildman–Crippen MR) is 89.4 cm³/mol. The van der Waals surface area contributed by atoms with Crippen molar-refractivity contribution in [2.75, 3.05) is 19.7 Å². The summed E-state index contributed by atoms with van der Waals surface area (Å²) in [6, 6.07) is 4.82. The largest absolute Gasteiger partial charge is 0.416 e. The predicted octanol–water partition coefficient (Wildman–Crippen LogP) is 3.47. The molecule has 0 aliphatic carbocycles. The molecule has 0 saturated carbocycles. The maximum atomic E-state index is 12.9. The first kappa shape index (κ1) is 19.2. The molecule has 26 heavy (non-hydrogen) atoms. The van der Waals surface area contributed by atoms with Crippen LogP contribution in [0.1, 0.15) is 50.2 Å². The van der Waals surface area contributed by atoms with Gasteiger partial charge in [-0.05, 0) is 56.7 Å². The molecule has 1 N–H and O–H groups in total. The molecule has 0 radical (unpaired) electrons. The van der Waals surface area contributed by atoms with Crippen molar-refractivity contribution in [1.29, 1.82) is 0 Å². The highest BCUT2D eigenvalue weighted by molar-refractivity contribution is 5.85. The zero-order valence-electron chi connectivity index (χ0n) is 14.8. The summed E-state index contributed by atoms with van der Waals surface area (Å²) in [5.41, 5.74) is -2.71. The van der Waals surface area contributed by atoms with Crippen LogP contribution in [0.5, 0.6) is 0 Å². The van der Waals surface area contributed by atoms with Gasteiger partial charge in [-0.2, -0.15) is 13.2 Å². The van der Waals surface area contributed by atoms with Crippen molar-refractivity contribution in [1.82, 2.24) is 4.90 Å². The molecular weight excluding hydrogens is 347 g/mol. The molecule has 1 atom stereocenters. The summed E-state index contributed by atoms with van der Waals surface area (Å²) in [5.74, 6) is -0.0942. The summed E-state index contributed by atoms with van der Waals surface area (Å²) in [4.78, 5) is 14.4. The number of benzene rings is 1. The van der Waals surface area contributed by atoms with Crippen LogP contribution in [0.2, 0.25) is 0 Å². The Morgan fingerprint density at radius 3 is 2.46 bits per heavy atom. The summed E-state index contributed by atoms with van der Waals surface area (Å²) >= 11 is 0. The number of carbonyl (C=O) groups is 1. The fourth-order valence-electron chi connectivity index (χ4n) is 3.79. The fraction of sp³-hybridized carbons (Fsp3) is 0.632. The third kappa shape index (κ3) is 3.74. The van der Waals surface area contributed by atoms with Gasteiger partial charge in [0.2, 0.25) is 0 Å². The second-order valence-corrected chi connectivity index (χ2v) is 7.44. The minimum absolute atomic E-state index is 0.0942. The van der Waals surface area contributed by atoms with Crippen molar-refractivity contribution in [3.63, 3.8) is 0 Å². The number of amides is 1. The van der Waals surface area contributed by atoms with Crippen LogP contribution < -0.4 is 0 Å². The number of carbonyl (C=O) groups excluding carboxylic acids is 1. The average Bonchev–Trinajstić information content (AvgIpc) is 2.62. The highest BCUT2D eigenvalue weighted by Crippen LogP contribution is 2.37. The van der Waals surface area contributed by atoms with E-state index in [-0.39, 0.29) is 24.3 Å². The van der Waals surface area contributed by atoms with Crippen LogP contribution in [0.25, 0.3) is 0 Å². The maximum absolute atomic E-state index is 12.9. The number of nitrogens with zero attached hydrogens (tertiary/aromatic N) is 1. The maximum Gasteiger partial charge on any atom is 0.416 e. The molecule has 1 aromatic carbocycles. The summed E-state index contributed by atoms with van der Waals surface area (Å²) in [7, 11) is 0. The highest BCUT2D eigenvalue weighted by atomic mass is 19.4. The van der Waals surface area contributed by atoms with Crippen LogP contribution >= 0.6 is 0 Å². The Morgan fingerprint density at radius 1 is 1.19 bits per heavy atom. The number of hydrogen-bond acceptors (Lipinski definition) is 3. The Labute approximate surface area is 150 Å². The van der Waals surface area contributed by atoms with Gasteiger partial charge < -0.3 is 14.7 Å². The summed E-state index contributed by atoms with van der Waals surface area (Å²) in [6.45, 7) is 2.95. The highest BCUT2D eigenvalue weighted by Gasteiger charge is 2.43. The van der Waals surface area contributed by atoms with Crippen LogP contribution in [0.3, 0.4) is 0 Å². The van der Waals surface area contributed by atoms with Gasteiger partial charge in [0.1, 0.15) is 5.60 Å². The normalized spacial score (nSPS) is 26.6. The minimum Gasteiger partial charge on any atom is -0.385 e. The van der Waals surface area contributed by atoms with E-state index >= 15 is 0 Å². The van der Waals surface area contributed by atoms with E-state index in [1.807, 2.05) is 0 Å². The van der Waals surface area contributed by atoms with E-state index in [9.17, 15) is 23.1 Å². The number of ether oxygens (including phenoxy) is 1. The standard InChI is InChI=1S/C19H24F3NO3/c1-17(7-2-3-12-26-17)16(24)23-10-8-18(25,9-11-23)14-5-4-6-15(13-14)19(20,21)22/h4-6,13,25H,2-3,7-12H2,1H3. The van der Waals surface area contributed by atoms with Crippen LogP contribution in [0.4, 0.5) is 13.2 Å². The number of hydrogen-bond donors (Lipinski definition) is 1. The van der Waals surface area contributed by atoms with Crippen LogP contribution in [-0.4, -0.2) is 41.2 Å². The Morgan fingerprint density at radius 2 is 1.88 bits per heavy atom. The lowest BCUT2D eigenvalue weighted by Gasteiger charge is -2.43. The van der Waals surface area contributed by atoms with Crippen molar-refractivity contribution in [3.05, 3.63) is 35.4 Å². The zero-order chi connectivity index (χ0) is 19.0. The lowest BCUT2D eigenvalue weighted by Crippen LogP contribution is -2.54. The molecule has 2 aliphatic heterocycles. The van der Waals surface area contributed by atoms with Gasteiger partial charge in [0, 0.05) is 19.7 Å². The molecule has 7 heteroatoms. The fourth-order valence-corrected chi connectivity index (χ4v) is 3.79. The van der Waals surface area contributed by atoms with Crippen molar-refractivity contribution < 1.29 is 27.8 Å². The molecule has 2 saturated heterocycles. The number of halogens is 3.